The van der Waals surface area contributed by atoms with Crippen molar-refractivity contribution in [2.75, 3.05) is 0 Å². The molecular formula is C15H11BrO2. The normalized spacial score (nSPS) is 11.3. The van der Waals surface area contributed by atoms with Crippen molar-refractivity contribution in [3.63, 3.8) is 0 Å². The van der Waals surface area contributed by atoms with E-state index in [0.717, 1.165) is 4.47 Å². The van der Waals surface area contributed by atoms with Crippen LogP contribution in [0.4, 0.5) is 0 Å². The lowest BCUT2D eigenvalue weighted by Crippen LogP contribution is -1.96. The highest BCUT2D eigenvalue weighted by molar-refractivity contribution is 9.10. The van der Waals surface area contributed by atoms with Crippen molar-refractivity contribution >= 4 is 27.5 Å². The van der Waals surface area contributed by atoms with E-state index in [0.29, 0.717) is 11.1 Å². The van der Waals surface area contributed by atoms with Gasteiger partial charge in [0.2, 0.25) is 0 Å². The van der Waals surface area contributed by atoms with Crippen LogP contribution in [0.25, 0.3) is 5.76 Å². The van der Waals surface area contributed by atoms with Crippen molar-refractivity contribution in [1.82, 2.24) is 0 Å². The van der Waals surface area contributed by atoms with Crippen LogP contribution in [0.3, 0.4) is 0 Å². The van der Waals surface area contributed by atoms with E-state index in [1.165, 1.54) is 6.08 Å². The third-order valence-electron chi connectivity index (χ3n) is 2.47. The fraction of sp³-hybridized carbons (Fsp3) is 0. The van der Waals surface area contributed by atoms with E-state index in [2.05, 4.69) is 15.9 Å². The maximum Gasteiger partial charge on any atom is 0.189 e. The Kier molecular flexibility index (Phi) is 3.95. The first-order chi connectivity index (χ1) is 8.66. The predicted octanol–water partition coefficient (Wildman–Crippen LogP) is 4.23. The standard InChI is InChI=1S/C15H11BrO2/c16-13-8-6-12(7-9-13)15(18)10-14(17)11-4-2-1-3-5-11/h1-10,17H. The van der Waals surface area contributed by atoms with E-state index in [1.807, 2.05) is 18.2 Å². The molecule has 2 aromatic rings. The van der Waals surface area contributed by atoms with Gasteiger partial charge >= 0.3 is 0 Å². The Bertz CT molecular complexity index is 571. The summed E-state index contributed by atoms with van der Waals surface area (Å²) < 4.78 is 0.912. The van der Waals surface area contributed by atoms with Gasteiger partial charge in [-0.05, 0) is 24.3 Å². The lowest BCUT2D eigenvalue weighted by Gasteiger charge is -2.00. The van der Waals surface area contributed by atoms with Crippen LogP contribution in [0.15, 0.2) is 65.1 Å². The van der Waals surface area contributed by atoms with Gasteiger partial charge in [-0.15, -0.1) is 0 Å². The molecule has 0 atom stereocenters. The molecule has 3 heteroatoms. The Morgan fingerprint density at radius 3 is 2.17 bits per heavy atom. The third-order valence-corrected chi connectivity index (χ3v) is 2.99. The highest BCUT2D eigenvalue weighted by Gasteiger charge is 2.05. The molecule has 0 radical (unpaired) electrons. The third kappa shape index (κ3) is 3.08. The summed E-state index contributed by atoms with van der Waals surface area (Å²) in [6.07, 6.45) is 1.23. The van der Waals surface area contributed by atoms with Crippen LogP contribution in [0.2, 0.25) is 0 Å². The Labute approximate surface area is 114 Å². The van der Waals surface area contributed by atoms with Crippen LogP contribution in [0, 0.1) is 0 Å². The van der Waals surface area contributed by atoms with Crippen molar-refractivity contribution in [3.8, 4) is 0 Å². The van der Waals surface area contributed by atoms with Crippen LogP contribution >= 0.6 is 15.9 Å². The Morgan fingerprint density at radius 1 is 0.944 bits per heavy atom. The van der Waals surface area contributed by atoms with Gasteiger partial charge in [-0.3, -0.25) is 4.79 Å². The second kappa shape index (κ2) is 5.65. The smallest absolute Gasteiger partial charge is 0.189 e. The average Bonchev–Trinajstić information content (AvgIpc) is 2.40. The molecule has 0 aliphatic rings. The Balaban J connectivity index is 2.23. The van der Waals surface area contributed by atoms with Gasteiger partial charge in [0.05, 0.1) is 0 Å². The molecule has 18 heavy (non-hydrogen) atoms. The quantitative estimate of drug-likeness (QED) is 0.523. The van der Waals surface area contributed by atoms with Gasteiger partial charge in [0.15, 0.2) is 5.78 Å². The zero-order valence-corrected chi connectivity index (χ0v) is 11.1. The molecule has 0 aliphatic heterocycles. The number of hydrogen-bond acceptors (Lipinski definition) is 2. The molecule has 2 rings (SSSR count). The monoisotopic (exact) mass is 302 g/mol. The molecule has 90 valence electrons. The molecule has 0 amide bonds. The molecule has 0 unspecified atom stereocenters. The molecule has 0 spiro atoms. The fourth-order valence-corrected chi connectivity index (χ4v) is 1.78. The largest absolute Gasteiger partial charge is 0.507 e. The van der Waals surface area contributed by atoms with Gasteiger partial charge in [0, 0.05) is 21.7 Å². The Morgan fingerprint density at radius 2 is 1.56 bits per heavy atom. The lowest BCUT2D eigenvalue weighted by atomic mass is 10.1. The second-order valence-electron chi connectivity index (χ2n) is 3.77. The highest BCUT2D eigenvalue weighted by atomic mass is 79.9. The number of aliphatic hydroxyl groups is 1. The zero-order valence-electron chi connectivity index (χ0n) is 9.51. The molecule has 2 nitrogen and oxygen atoms in total. The van der Waals surface area contributed by atoms with Crippen LogP contribution in [0.1, 0.15) is 15.9 Å². The van der Waals surface area contributed by atoms with E-state index >= 15 is 0 Å². The van der Waals surface area contributed by atoms with Crippen molar-refractivity contribution in [2.24, 2.45) is 0 Å². The van der Waals surface area contributed by atoms with Crippen molar-refractivity contribution < 1.29 is 9.90 Å². The minimum atomic E-state index is -0.219. The number of aliphatic hydroxyl groups excluding tert-OH is 1. The lowest BCUT2D eigenvalue weighted by molar-refractivity contribution is 0.104. The second-order valence-corrected chi connectivity index (χ2v) is 4.68. The molecule has 0 saturated heterocycles. The maximum atomic E-state index is 11.9. The molecule has 0 aliphatic carbocycles. The number of allylic oxidation sites excluding steroid dienone is 1. The highest BCUT2D eigenvalue weighted by Crippen LogP contribution is 2.14. The first-order valence-corrected chi connectivity index (χ1v) is 6.22. The van der Waals surface area contributed by atoms with E-state index < -0.39 is 0 Å². The molecule has 0 saturated carbocycles. The van der Waals surface area contributed by atoms with Gasteiger partial charge in [0.1, 0.15) is 5.76 Å². The Hall–Kier alpha value is -1.87. The first kappa shape index (κ1) is 12.6. The van der Waals surface area contributed by atoms with Crippen molar-refractivity contribution in [3.05, 3.63) is 76.3 Å². The van der Waals surface area contributed by atoms with Gasteiger partial charge < -0.3 is 5.11 Å². The number of carbonyl (C=O) groups excluding carboxylic acids is 1. The van der Waals surface area contributed by atoms with Crippen LogP contribution < -0.4 is 0 Å². The molecule has 0 fully saturated rings. The van der Waals surface area contributed by atoms with Crippen molar-refractivity contribution in [2.45, 2.75) is 0 Å². The van der Waals surface area contributed by atoms with Gasteiger partial charge in [-0.25, -0.2) is 0 Å². The number of halogens is 1. The zero-order chi connectivity index (χ0) is 13.0. The maximum absolute atomic E-state index is 11.9. The number of hydrogen-bond donors (Lipinski definition) is 1. The summed E-state index contributed by atoms with van der Waals surface area (Å²) in [4.78, 5) is 11.9. The first-order valence-electron chi connectivity index (χ1n) is 5.43. The average molecular weight is 303 g/mol. The SMILES string of the molecule is O=C(C=C(O)c1ccccc1)c1ccc(Br)cc1. The number of rotatable bonds is 3. The van der Waals surface area contributed by atoms with E-state index in [9.17, 15) is 9.90 Å². The summed E-state index contributed by atoms with van der Waals surface area (Å²) in [6.45, 7) is 0. The summed E-state index contributed by atoms with van der Waals surface area (Å²) in [6, 6.07) is 16.0. The van der Waals surface area contributed by atoms with Gasteiger partial charge in [-0.1, -0.05) is 46.3 Å². The summed E-state index contributed by atoms with van der Waals surface area (Å²) in [7, 11) is 0. The summed E-state index contributed by atoms with van der Waals surface area (Å²) in [5.74, 6) is -0.243. The summed E-state index contributed by atoms with van der Waals surface area (Å²) in [5, 5.41) is 9.84. The van der Waals surface area contributed by atoms with E-state index in [1.54, 1.807) is 36.4 Å². The minimum absolute atomic E-state index is 0.0245. The number of carbonyl (C=O) groups is 1. The molecule has 0 bridgehead atoms. The van der Waals surface area contributed by atoms with Crippen LogP contribution in [0.5, 0.6) is 0 Å². The molecular weight excluding hydrogens is 292 g/mol. The molecule has 0 aromatic heterocycles. The topological polar surface area (TPSA) is 37.3 Å². The molecule has 1 N–H and O–H groups in total. The van der Waals surface area contributed by atoms with Crippen LogP contribution in [-0.2, 0) is 0 Å². The summed E-state index contributed by atoms with van der Waals surface area (Å²) in [5.41, 5.74) is 1.17. The number of benzene rings is 2. The van der Waals surface area contributed by atoms with E-state index in [-0.39, 0.29) is 11.5 Å². The van der Waals surface area contributed by atoms with E-state index in [4.69, 9.17) is 0 Å². The minimum Gasteiger partial charge on any atom is -0.507 e. The molecule has 0 heterocycles. The fourth-order valence-electron chi connectivity index (χ4n) is 1.51. The van der Waals surface area contributed by atoms with Gasteiger partial charge in [0.25, 0.3) is 0 Å². The van der Waals surface area contributed by atoms with Gasteiger partial charge in [-0.2, -0.15) is 0 Å². The molecule has 2 aromatic carbocycles. The summed E-state index contributed by atoms with van der Waals surface area (Å²) >= 11 is 3.31. The van der Waals surface area contributed by atoms with Crippen LogP contribution in [-0.4, -0.2) is 10.9 Å². The van der Waals surface area contributed by atoms with Crippen molar-refractivity contribution in [1.29, 1.82) is 0 Å². The predicted molar refractivity (Wildman–Crippen MR) is 75.5 cm³/mol. The number of ketones is 1.